The maximum atomic E-state index is 9.89. The minimum absolute atomic E-state index is 0.561. The number of aliphatic hydroxyl groups is 1. The van der Waals surface area contributed by atoms with Gasteiger partial charge in [0, 0.05) is 19.6 Å². The molecule has 1 saturated heterocycles. The standard InChI is InChI=1S/C10H14BrNO3/c11-10-2-1-9(15-10)8(13)7-12-3-5-14-6-4-12/h1-2,8,13H,3-7H2. The van der Waals surface area contributed by atoms with Gasteiger partial charge in [-0.1, -0.05) is 0 Å². The fourth-order valence-electron chi connectivity index (χ4n) is 1.63. The molecule has 1 atom stereocenters. The van der Waals surface area contributed by atoms with Crippen molar-refractivity contribution in [2.45, 2.75) is 6.10 Å². The van der Waals surface area contributed by atoms with Crippen molar-refractivity contribution in [3.63, 3.8) is 0 Å². The van der Waals surface area contributed by atoms with Crippen LogP contribution >= 0.6 is 15.9 Å². The van der Waals surface area contributed by atoms with Gasteiger partial charge in [-0.15, -0.1) is 0 Å². The third-order valence-corrected chi connectivity index (χ3v) is 2.88. The number of halogens is 1. The fourth-order valence-corrected chi connectivity index (χ4v) is 1.94. The van der Waals surface area contributed by atoms with Crippen molar-refractivity contribution in [2.24, 2.45) is 0 Å². The van der Waals surface area contributed by atoms with Crippen LogP contribution < -0.4 is 0 Å². The number of morpholine rings is 1. The first kappa shape index (κ1) is 11.1. The Morgan fingerprint density at radius 1 is 1.40 bits per heavy atom. The van der Waals surface area contributed by atoms with Crippen LogP contribution in [0.1, 0.15) is 11.9 Å². The number of β-amino-alcohol motifs (C(OH)–C–C–N with tert-alkyl or cyclic N) is 1. The van der Waals surface area contributed by atoms with Gasteiger partial charge in [0.05, 0.1) is 13.2 Å². The van der Waals surface area contributed by atoms with Crippen molar-refractivity contribution in [1.82, 2.24) is 4.90 Å². The minimum Gasteiger partial charge on any atom is -0.452 e. The highest BCUT2D eigenvalue weighted by molar-refractivity contribution is 9.10. The van der Waals surface area contributed by atoms with Gasteiger partial charge in [-0.05, 0) is 28.1 Å². The normalized spacial score (nSPS) is 20.4. The Hall–Kier alpha value is -0.360. The molecular formula is C10H14BrNO3. The smallest absolute Gasteiger partial charge is 0.169 e. The third-order valence-electron chi connectivity index (χ3n) is 2.46. The Balaban J connectivity index is 1.88. The number of aliphatic hydroxyl groups excluding tert-OH is 1. The van der Waals surface area contributed by atoms with E-state index < -0.39 is 6.10 Å². The van der Waals surface area contributed by atoms with Crippen LogP contribution in [0.3, 0.4) is 0 Å². The molecule has 0 saturated carbocycles. The number of furan rings is 1. The number of hydrogen-bond acceptors (Lipinski definition) is 4. The van der Waals surface area contributed by atoms with Gasteiger partial charge in [0.15, 0.2) is 4.67 Å². The number of nitrogens with zero attached hydrogens (tertiary/aromatic N) is 1. The summed E-state index contributed by atoms with van der Waals surface area (Å²) in [5.41, 5.74) is 0. The predicted molar refractivity (Wildman–Crippen MR) is 58.6 cm³/mol. The number of ether oxygens (including phenoxy) is 1. The van der Waals surface area contributed by atoms with E-state index in [4.69, 9.17) is 9.15 Å². The van der Waals surface area contributed by atoms with Gasteiger partial charge in [0.1, 0.15) is 11.9 Å². The molecule has 0 amide bonds. The monoisotopic (exact) mass is 275 g/mol. The Bertz CT molecular complexity index is 309. The highest BCUT2D eigenvalue weighted by Crippen LogP contribution is 2.21. The lowest BCUT2D eigenvalue weighted by Crippen LogP contribution is -2.38. The van der Waals surface area contributed by atoms with Crippen LogP contribution in [0.15, 0.2) is 21.2 Å². The Kier molecular flexibility index (Phi) is 3.80. The lowest BCUT2D eigenvalue weighted by atomic mass is 10.2. The van der Waals surface area contributed by atoms with E-state index in [0.29, 0.717) is 17.0 Å². The SMILES string of the molecule is OC(CN1CCOCC1)c1ccc(Br)o1. The summed E-state index contributed by atoms with van der Waals surface area (Å²) in [6, 6.07) is 3.58. The topological polar surface area (TPSA) is 45.8 Å². The van der Waals surface area contributed by atoms with E-state index >= 15 is 0 Å². The van der Waals surface area contributed by atoms with Crippen molar-refractivity contribution >= 4 is 15.9 Å². The van der Waals surface area contributed by atoms with E-state index in [9.17, 15) is 5.11 Å². The fraction of sp³-hybridized carbons (Fsp3) is 0.600. The largest absolute Gasteiger partial charge is 0.452 e. The lowest BCUT2D eigenvalue weighted by molar-refractivity contribution is 0.00993. The lowest BCUT2D eigenvalue weighted by Gasteiger charge is -2.27. The molecule has 4 nitrogen and oxygen atoms in total. The highest BCUT2D eigenvalue weighted by atomic mass is 79.9. The van der Waals surface area contributed by atoms with Gasteiger partial charge >= 0.3 is 0 Å². The molecule has 1 fully saturated rings. The second kappa shape index (κ2) is 5.12. The van der Waals surface area contributed by atoms with Gasteiger partial charge in [0.2, 0.25) is 0 Å². The second-order valence-corrected chi connectivity index (χ2v) is 4.35. The molecule has 1 aromatic rings. The van der Waals surface area contributed by atoms with Gasteiger partial charge in [-0.3, -0.25) is 4.90 Å². The first-order valence-electron chi connectivity index (χ1n) is 4.99. The van der Waals surface area contributed by atoms with Crippen LogP contribution in [0.5, 0.6) is 0 Å². The molecular weight excluding hydrogens is 262 g/mol. The minimum atomic E-state index is -0.561. The maximum absolute atomic E-state index is 9.89. The predicted octanol–water partition coefficient (Wildman–Crippen LogP) is 1.41. The zero-order chi connectivity index (χ0) is 10.7. The summed E-state index contributed by atoms with van der Waals surface area (Å²) < 4.78 is 11.2. The molecule has 0 radical (unpaired) electrons. The summed E-state index contributed by atoms with van der Waals surface area (Å²) in [5.74, 6) is 0.605. The van der Waals surface area contributed by atoms with E-state index in [1.807, 2.05) is 0 Å². The molecule has 0 bridgehead atoms. The maximum Gasteiger partial charge on any atom is 0.169 e. The molecule has 0 aromatic carbocycles. The molecule has 0 spiro atoms. The Labute approximate surface area is 96.9 Å². The molecule has 1 N–H and O–H groups in total. The van der Waals surface area contributed by atoms with Crippen molar-refractivity contribution in [3.8, 4) is 0 Å². The van der Waals surface area contributed by atoms with Crippen LogP contribution in [0.2, 0.25) is 0 Å². The van der Waals surface area contributed by atoms with E-state index in [0.717, 1.165) is 26.3 Å². The number of hydrogen-bond donors (Lipinski definition) is 1. The summed E-state index contributed by atoms with van der Waals surface area (Å²) in [6.45, 7) is 3.84. The molecule has 84 valence electrons. The third kappa shape index (κ3) is 3.04. The van der Waals surface area contributed by atoms with Gasteiger partial charge in [-0.2, -0.15) is 0 Å². The first-order valence-corrected chi connectivity index (χ1v) is 5.78. The molecule has 15 heavy (non-hydrogen) atoms. The van der Waals surface area contributed by atoms with Crippen LogP contribution in [-0.4, -0.2) is 42.9 Å². The van der Waals surface area contributed by atoms with Gasteiger partial charge < -0.3 is 14.3 Å². The van der Waals surface area contributed by atoms with Crippen LogP contribution in [0.25, 0.3) is 0 Å². The molecule has 0 aliphatic carbocycles. The molecule has 1 aliphatic rings. The summed E-state index contributed by atoms with van der Waals surface area (Å²) in [6.07, 6.45) is -0.561. The first-order chi connectivity index (χ1) is 7.25. The second-order valence-electron chi connectivity index (χ2n) is 3.57. The van der Waals surface area contributed by atoms with Crippen molar-refractivity contribution < 1.29 is 14.3 Å². The van der Waals surface area contributed by atoms with Crippen molar-refractivity contribution in [2.75, 3.05) is 32.8 Å². The molecule has 2 rings (SSSR count). The summed E-state index contributed by atoms with van der Waals surface area (Å²) in [7, 11) is 0. The Morgan fingerprint density at radius 3 is 2.73 bits per heavy atom. The number of rotatable bonds is 3. The van der Waals surface area contributed by atoms with Crippen molar-refractivity contribution in [1.29, 1.82) is 0 Å². The van der Waals surface area contributed by atoms with E-state index in [1.54, 1.807) is 12.1 Å². The average molecular weight is 276 g/mol. The summed E-state index contributed by atoms with van der Waals surface area (Å²) in [5, 5.41) is 9.89. The Morgan fingerprint density at radius 2 is 2.13 bits per heavy atom. The quantitative estimate of drug-likeness (QED) is 0.906. The van der Waals surface area contributed by atoms with Gasteiger partial charge in [-0.25, -0.2) is 0 Å². The summed E-state index contributed by atoms with van der Waals surface area (Å²) >= 11 is 3.21. The van der Waals surface area contributed by atoms with Crippen LogP contribution in [-0.2, 0) is 4.74 Å². The molecule has 1 aromatic heterocycles. The van der Waals surface area contributed by atoms with E-state index in [-0.39, 0.29) is 0 Å². The highest BCUT2D eigenvalue weighted by Gasteiger charge is 2.18. The van der Waals surface area contributed by atoms with E-state index in [1.165, 1.54) is 0 Å². The average Bonchev–Trinajstić information content (AvgIpc) is 2.66. The molecule has 1 unspecified atom stereocenters. The molecule has 5 heteroatoms. The van der Waals surface area contributed by atoms with Crippen molar-refractivity contribution in [3.05, 3.63) is 22.6 Å². The van der Waals surface area contributed by atoms with Crippen LogP contribution in [0.4, 0.5) is 0 Å². The van der Waals surface area contributed by atoms with Gasteiger partial charge in [0.25, 0.3) is 0 Å². The molecule has 2 heterocycles. The van der Waals surface area contributed by atoms with Crippen LogP contribution in [0, 0.1) is 0 Å². The summed E-state index contributed by atoms with van der Waals surface area (Å²) in [4.78, 5) is 2.17. The zero-order valence-corrected chi connectivity index (χ0v) is 9.94. The molecule has 1 aliphatic heterocycles. The zero-order valence-electron chi connectivity index (χ0n) is 8.36. The van der Waals surface area contributed by atoms with E-state index in [2.05, 4.69) is 20.8 Å².